The first kappa shape index (κ1) is 20.2. The van der Waals surface area contributed by atoms with Gasteiger partial charge in [0.2, 0.25) is 0 Å². The summed E-state index contributed by atoms with van der Waals surface area (Å²) in [6, 6.07) is 10.7. The second-order valence-corrected chi connectivity index (χ2v) is 7.72. The minimum Gasteiger partial charge on any atom is -0.282 e. The zero-order valence-corrected chi connectivity index (χ0v) is 14.9. The Labute approximate surface area is 142 Å². The Bertz CT molecular complexity index is 831. The molecule has 0 spiro atoms. The molecule has 1 N–H and O–H groups in total. The van der Waals surface area contributed by atoms with E-state index in [0.717, 1.165) is 5.56 Å². The summed E-state index contributed by atoms with van der Waals surface area (Å²) in [6.07, 6.45) is 2.08. The Morgan fingerprint density at radius 2 is 1.67 bits per heavy atom. The summed E-state index contributed by atoms with van der Waals surface area (Å²) in [5.74, 6) is 0. The van der Waals surface area contributed by atoms with Gasteiger partial charge in [-0.2, -0.15) is 16.8 Å². The molecule has 24 heavy (non-hydrogen) atoms. The number of pyridine rings is 1. The van der Waals surface area contributed by atoms with Crippen LogP contribution in [0.3, 0.4) is 0 Å². The van der Waals surface area contributed by atoms with Crippen LogP contribution in [-0.2, 0) is 24.4 Å². The third kappa shape index (κ3) is 6.75. The topological polar surface area (TPSA) is 111 Å². The third-order valence-electron chi connectivity index (χ3n) is 2.66. The van der Waals surface area contributed by atoms with Crippen molar-refractivity contribution >= 4 is 20.2 Å². The van der Waals surface area contributed by atoms with Crippen LogP contribution in [0.5, 0.6) is 0 Å². The molecule has 0 fully saturated rings. The van der Waals surface area contributed by atoms with Crippen LogP contribution < -0.4 is 0 Å². The normalized spacial score (nSPS) is 11.5. The number of hydrogen-bond donors (Lipinski definition) is 1. The molecule has 2 rings (SSSR count). The van der Waals surface area contributed by atoms with Gasteiger partial charge in [0, 0.05) is 6.20 Å². The van der Waals surface area contributed by atoms with Crippen LogP contribution in [-0.4, -0.2) is 33.0 Å². The lowest BCUT2D eigenvalue weighted by Gasteiger charge is -2.01. The summed E-state index contributed by atoms with van der Waals surface area (Å²) in [6.45, 7) is 3.88. The summed E-state index contributed by atoms with van der Waals surface area (Å²) >= 11 is 0. The van der Waals surface area contributed by atoms with Crippen molar-refractivity contribution < 1.29 is 25.6 Å². The highest BCUT2D eigenvalue weighted by atomic mass is 32.2. The average molecular weight is 373 g/mol. The van der Waals surface area contributed by atoms with Crippen molar-refractivity contribution in [2.24, 2.45) is 0 Å². The molecule has 9 heteroatoms. The number of benzene rings is 1. The number of rotatable bonds is 5. The highest BCUT2D eigenvalue weighted by molar-refractivity contribution is 7.86. The first-order valence-electron chi connectivity index (χ1n) is 7.01. The molecule has 0 amide bonds. The zero-order valence-electron chi connectivity index (χ0n) is 13.3. The number of aryl methyl sites for hydroxylation is 1. The molecule has 1 aromatic heterocycles. The van der Waals surface area contributed by atoms with Crippen molar-refractivity contribution in [1.29, 1.82) is 0 Å². The van der Waals surface area contributed by atoms with Crippen molar-refractivity contribution in [1.82, 2.24) is 4.98 Å². The fourth-order valence-electron chi connectivity index (χ4n) is 1.46. The summed E-state index contributed by atoms with van der Waals surface area (Å²) in [4.78, 5) is 3.62. The standard InChI is InChI=1S/C8H11NO3S.C7H8O3S/c1-2-7-12-13(10,11)8-5-3-4-6-9-8;1-6-2-4-7(5-3-6)11(8,9)10/h3-6H,2,7H2,1H3;2-5H,1H3,(H,8,9,10). The van der Waals surface area contributed by atoms with Gasteiger partial charge in [-0.3, -0.25) is 8.74 Å². The molecule has 0 atom stereocenters. The Balaban J connectivity index is 0.000000243. The van der Waals surface area contributed by atoms with E-state index < -0.39 is 20.2 Å². The monoisotopic (exact) mass is 373 g/mol. The molecule has 132 valence electrons. The van der Waals surface area contributed by atoms with Gasteiger partial charge in [0.05, 0.1) is 11.5 Å². The van der Waals surface area contributed by atoms with E-state index in [-0.39, 0.29) is 16.5 Å². The van der Waals surface area contributed by atoms with Crippen molar-refractivity contribution in [3.05, 3.63) is 54.2 Å². The number of nitrogens with zero attached hydrogens (tertiary/aromatic N) is 1. The maximum Gasteiger partial charge on any atom is 0.314 e. The molecule has 0 bridgehead atoms. The average Bonchev–Trinajstić information content (AvgIpc) is 2.54. The summed E-state index contributed by atoms with van der Waals surface area (Å²) in [7, 11) is -7.65. The summed E-state index contributed by atoms with van der Waals surface area (Å²) in [5, 5.41) is -0.0385. The van der Waals surface area contributed by atoms with Crippen LogP contribution in [0.4, 0.5) is 0 Å². The first-order chi connectivity index (χ1) is 11.2. The molecule has 2 aromatic rings. The van der Waals surface area contributed by atoms with Crippen LogP contribution in [0.15, 0.2) is 58.6 Å². The number of hydrogen-bond acceptors (Lipinski definition) is 6. The van der Waals surface area contributed by atoms with Crippen LogP contribution in [0.2, 0.25) is 0 Å². The highest BCUT2D eigenvalue weighted by Crippen LogP contribution is 2.09. The molecule has 0 saturated carbocycles. The molecule has 0 aliphatic rings. The second kappa shape index (κ2) is 8.88. The molecule has 0 aliphatic heterocycles. The molecular formula is C15H19NO6S2. The van der Waals surface area contributed by atoms with Gasteiger partial charge in [-0.05, 0) is 37.6 Å². The van der Waals surface area contributed by atoms with Gasteiger partial charge >= 0.3 is 10.1 Å². The Morgan fingerprint density at radius 3 is 2.12 bits per heavy atom. The number of aromatic nitrogens is 1. The third-order valence-corrected chi connectivity index (χ3v) is 4.75. The van der Waals surface area contributed by atoms with Gasteiger partial charge in [-0.15, -0.1) is 0 Å². The van der Waals surface area contributed by atoms with Gasteiger partial charge in [0.25, 0.3) is 10.1 Å². The van der Waals surface area contributed by atoms with E-state index in [1.165, 1.54) is 24.4 Å². The van der Waals surface area contributed by atoms with Crippen molar-refractivity contribution in [2.75, 3.05) is 6.61 Å². The maximum absolute atomic E-state index is 11.3. The van der Waals surface area contributed by atoms with E-state index in [1.807, 2.05) is 13.8 Å². The smallest absolute Gasteiger partial charge is 0.282 e. The second-order valence-electron chi connectivity index (χ2n) is 4.73. The van der Waals surface area contributed by atoms with Crippen LogP contribution in [0, 0.1) is 6.92 Å². The molecular weight excluding hydrogens is 354 g/mol. The van der Waals surface area contributed by atoms with E-state index in [1.54, 1.807) is 24.3 Å². The maximum atomic E-state index is 11.3. The van der Waals surface area contributed by atoms with Crippen molar-refractivity contribution in [3.8, 4) is 0 Å². The van der Waals surface area contributed by atoms with Crippen LogP contribution >= 0.6 is 0 Å². The Morgan fingerprint density at radius 1 is 1.04 bits per heavy atom. The fourth-order valence-corrected chi connectivity index (χ4v) is 2.88. The van der Waals surface area contributed by atoms with E-state index in [0.29, 0.717) is 6.42 Å². The molecule has 0 radical (unpaired) electrons. The molecule has 1 heterocycles. The van der Waals surface area contributed by atoms with Gasteiger partial charge < -0.3 is 0 Å². The minimum absolute atomic E-state index is 0.0385. The Hall–Kier alpha value is -1.81. The summed E-state index contributed by atoms with van der Waals surface area (Å²) in [5.41, 5.74) is 0.956. The zero-order chi connectivity index (χ0) is 18.2. The predicted octanol–water partition coefficient (Wildman–Crippen LogP) is 2.44. The molecule has 0 saturated heterocycles. The first-order valence-corrected chi connectivity index (χ1v) is 9.86. The largest absolute Gasteiger partial charge is 0.314 e. The van der Waals surface area contributed by atoms with Crippen LogP contribution in [0.25, 0.3) is 0 Å². The minimum atomic E-state index is -4.02. The van der Waals surface area contributed by atoms with Crippen molar-refractivity contribution in [2.45, 2.75) is 30.2 Å². The van der Waals surface area contributed by atoms with Crippen LogP contribution in [0.1, 0.15) is 18.9 Å². The molecule has 0 unspecified atom stereocenters. The lowest BCUT2D eigenvalue weighted by atomic mass is 10.2. The fraction of sp³-hybridized carbons (Fsp3) is 0.267. The summed E-state index contributed by atoms with van der Waals surface area (Å²) < 4.78 is 56.8. The molecule has 7 nitrogen and oxygen atoms in total. The SMILES string of the molecule is CCCOS(=O)(=O)c1ccccn1.Cc1ccc(S(=O)(=O)O)cc1. The Kier molecular flexibility index (Phi) is 7.49. The quantitative estimate of drug-likeness (QED) is 0.633. The van der Waals surface area contributed by atoms with E-state index in [4.69, 9.17) is 4.55 Å². The molecule has 0 aliphatic carbocycles. The lowest BCUT2D eigenvalue weighted by molar-refractivity contribution is 0.316. The van der Waals surface area contributed by atoms with Gasteiger partial charge in [0.1, 0.15) is 0 Å². The van der Waals surface area contributed by atoms with Gasteiger partial charge in [-0.1, -0.05) is 30.7 Å². The lowest BCUT2D eigenvalue weighted by Crippen LogP contribution is -2.08. The van der Waals surface area contributed by atoms with E-state index in [9.17, 15) is 16.8 Å². The molecule has 1 aromatic carbocycles. The van der Waals surface area contributed by atoms with E-state index >= 15 is 0 Å². The van der Waals surface area contributed by atoms with E-state index in [2.05, 4.69) is 9.17 Å². The van der Waals surface area contributed by atoms with Gasteiger partial charge in [0.15, 0.2) is 5.03 Å². The van der Waals surface area contributed by atoms with Gasteiger partial charge in [-0.25, -0.2) is 4.98 Å². The predicted molar refractivity (Wildman–Crippen MR) is 88.7 cm³/mol. The highest BCUT2D eigenvalue weighted by Gasteiger charge is 2.14. The van der Waals surface area contributed by atoms with Crippen molar-refractivity contribution in [3.63, 3.8) is 0 Å².